The first-order chi connectivity index (χ1) is 13.8. The molecule has 5 heteroatoms. The van der Waals surface area contributed by atoms with Crippen LogP contribution < -0.4 is 0 Å². The summed E-state index contributed by atoms with van der Waals surface area (Å²) < 4.78 is 2.04. The van der Waals surface area contributed by atoms with Crippen LogP contribution in [0.3, 0.4) is 0 Å². The SMILES string of the molecule is Cn1ccnc1SCC1(O)CCC2C3CCC4=CC(=O)CCC4(C)C3CCC21C. The number of hydrogen-bond donors (Lipinski definition) is 1. The summed E-state index contributed by atoms with van der Waals surface area (Å²) in [6.07, 6.45) is 14.2. The van der Waals surface area contributed by atoms with Gasteiger partial charge < -0.3 is 9.67 Å². The molecular weight excluding hydrogens is 380 g/mol. The topological polar surface area (TPSA) is 55.1 Å². The van der Waals surface area contributed by atoms with Crippen molar-refractivity contribution in [2.45, 2.75) is 76.0 Å². The van der Waals surface area contributed by atoms with E-state index < -0.39 is 5.60 Å². The van der Waals surface area contributed by atoms with Crippen molar-refractivity contribution in [2.24, 2.45) is 35.6 Å². The molecule has 29 heavy (non-hydrogen) atoms. The number of nitrogens with zero attached hydrogens (tertiary/aromatic N) is 2. The van der Waals surface area contributed by atoms with E-state index in [0.717, 1.165) is 49.4 Å². The van der Waals surface area contributed by atoms with Crippen molar-refractivity contribution in [1.82, 2.24) is 9.55 Å². The van der Waals surface area contributed by atoms with Crippen molar-refractivity contribution < 1.29 is 9.90 Å². The van der Waals surface area contributed by atoms with Crippen molar-refractivity contribution in [3.05, 3.63) is 24.0 Å². The number of aryl methyl sites for hydroxylation is 1. The molecule has 6 unspecified atom stereocenters. The summed E-state index contributed by atoms with van der Waals surface area (Å²) in [6.45, 7) is 4.81. The van der Waals surface area contributed by atoms with Gasteiger partial charge in [-0.1, -0.05) is 31.2 Å². The maximum absolute atomic E-state index is 12.0. The van der Waals surface area contributed by atoms with E-state index in [2.05, 4.69) is 18.8 Å². The van der Waals surface area contributed by atoms with Gasteiger partial charge in [0.25, 0.3) is 0 Å². The Hall–Kier alpha value is -1.07. The summed E-state index contributed by atoms with van der Waals surface area (Å²) in [5.41, 5.74) is 1.02. The molecule has 3 saturated carbocycles. The second kappa shape index (κ2) is 6.71. The van der Waals surface area contributed by atoms with Crippen LogP contribution in [0, 0.1) is 28.6 Å². The van der Waals surface area contributed by atoms with E-state index in [9.17, 15) is 9.90 Å². The number of aromatic nitrogens is 2. The van der Waals surface area contributed by atoms with Gasteiger partial charge in [0.15, 0.2) is 10.9 Å². The third-order valence-corrected chi connectivity index (χ3v) is 10.8. The minimum Gasteiger partial charge on any atom is -0.388 e. The molecule has 4 aliphatic rings. The van der Waals surface area contributed by atoms with Gasteiger partial charge in [-0.3, -0.25) is 4.79 Å². The van der Waals surface area contributed by atoms with Gasteiger partial charge in [0.05, 0.1) is 5.60 Å². The lowest BCUT2D eigenvalue weighted by atomic mass is 9.46. The third-order valence-electron chi connectivity index (χ3n) is 9.50. The summed E-state index contributed by atoms with van der Waals surface area (Å²) in [5, 5.41) is 12.8. The van der Waals surface area contributed by atoms with E-state index in [1.165, 1.54) is 18.4 Å². The highest BCUT2D eigenvalue weighted by atomic mass is 32.2. The maximum Gasteiger partial charge on any atom is 0.167 e. The van der Waals surface area contributed by atoms with Gasteiger partial charge in [-0.2, -0.15) is 0 Å². The van der Waals surface area contributed by atoms with Crippen molar-refractivity contribution in [2.75, 3.05) is 5.75 Å². The fraction of sp³-hybridized carbons (Fsp3) is 0.750. The number of allylic oxidation sites excluding steroid dienone is 1. The van der Waals surface area contributed by atoms with Crippen molar-refractivity contribution >= 4 is 17.5 Å². The standard InChI is InChI=1S/C24H34N2O2S/c1-22-9-6-17(27)14-16(22)4-5-18-19(22)7-10-23(2)20(18)8-11-24(23,28)15-29-21-25-12-13-26(21)3/h12-14,18-20,28H,4-11,15H2,1-3H3. The minimum absolute atomic E-state index is 0.00556. The first-order valence-corrected chi connectivity index (χ1v) is 12.3. The summed E-state index contributed by atoms with van der Waals surface area (Å²) in [5.74, 6) is 3.04. The Balaban J connectivity index is 1.39. The predicted molar refractivity (Wildman–Crippen MR) is 116 cm³/mol. The Labute approximate surface area is 178 Å². The predicted octanol–water partition coefficient (Wildman–Crippen LogP) is 4.78. The molecule has 0 aromatic carbocycles. The van der Waals surface area contributed by atoms with E-state index in [-0.39, 0.29) is 10.8 Å². The smallest absolute Gasteiger partial charge is 0.167 e. The number of rotatable bonds is 3. The molecule has 3 fully saturated rings. The third kappa shape index (κ3) is 2.83. The fourth-order valence-electron chi connectivity index (χ4n) is 7.58. The van der Waals surface area contributed by atoms with Crippen molar-refractivity contribution in [3.63, 3.8) is 0 Å². The Morgan fingerprint density at radius 2 is 1.97 bits per heavy atom. The van der Waals surface area contributed by atoms with Gasteiger partial charge in [-0.25, -0.2) is 4.98 Å². The molecule has 0 aliphatic heterocycles. The summed E-state index contributed by atoms with van der Waals surface area (Å²) >= 11 is 1.71. The van der Waals surface area contributed by atoms with Crippen LogP contribution in [-0.4, -0.2) is 31.8 Å². The van der Waals surface area contributed by atoms with Gasteiger partial charge in [-0.05, 0) is 74.2 Å². The Kier molecular flexibility index (Phi) is 4.60. The highest BCUT2D eigenvalue weighted by Crippen LogP contribution is 2.67. The molecule has 1 N–H and O–H groups in total. The molecule has 158 valence electrons. The van der Waals surface area contributed by atoms with Crippen LogP contribution in [0.25, 0.3) is 0 Å². The lowest BCUT2D eigenvalue weighted by Crippen LogP contribution is -2.55. The van der Waals surface area contributed by atoms with Crippen LogP contribution >= 0.6 is 11.8 Å². The average Bonchev–Trinajstić information content (AvgIpc) is 3.22. The van der Waals surface area contributed by atoms with Gasteiger partial charge in [0.1, 0.15) is 0 Å². The molecule has 0 amide bonds. The van der Waals surface area contributed by atoms with Crippen LogP contribution in [0.5, 0.6) is 0 Å². The summed E-state index contributed by atoms with van der Waals surface area (Å²) in [7, 11) is 2.02. The van der Waals surface area contributed by atoms with E-state index in [0.29, 0.717) is 23.5 Å². The Morgan fingerprint density at radius 1 is 1.17 bits per heavy atom. The van der Waals surface area contributed by atoms with Crippen LogP contribution in [0.2, 0.25) is 0 Å². The highest BCUT2D eigenvalue weighted by molar-refractivity contribution is 7.99. The van der Waals surface area contributed by atoms with Crippen LogP contribution in [-0.2, 0) is 11.8 Å². The first-order valence-electron chi connectivity index (χ1n) is 11.3. The number of fused-ring (bicyclic) bond motifs is 5. The molecule has 1 aromatic heterocycles. The molecule has 0 radical (unpaired) electrons. The van der Waals surface area contributed by atoms with Gasteiger partial charge in [0.2, 0.25) is 0 Å². The monoisotopic (exact) mass is 414 g/mol. The number of carbonyl (C=O) groups excluding carboxylic acids is 1. The molecular formula is C24H34N2O2S. The second-order valence-corrected chi connectivity index (χ2v) is 11.5. The van der Waals surface area contributed by atoms with Gasteiger partial charge in [0, 0.05) is 37.0 Å². The molecule has 4 aliphatic carbocycles. The van der Waals surface area contributed by atoms with Gasteiger partial charge in [-0.15, -0.1) is 0 Å². The summed E-state index contributed by atoms with van der Waals surface area (Å²) in [6, 6.07) is 0. The number of ketones is 1. The number of carbonyl (C=O) groups is 1. The van der Waals surface area contributed by atoms with Crippen LogP contribution in [0.4, 0.5) is 0 Å². The number of imidazole rings is 1. The quantitative estimate of drug-likeness (QED) is 0.724. The zero-order chi connectivity index (χ0) is 20.4. The van der Waals surface area contributed by atoms with Crippen LogP contribution in [0.1, 0.15) is 65.2 Å². The van der Waals surface area contributed by atoms with Crippen LogP contribution in [0.15, 0.2) is 29.2 Å². The Morgan fingerprint density at radius 3 is 2.72 bits per heavy atom. The fourth-order valence-corrected chi connectivity index (χ4v) is 8.82. The molecule has 1 heterocycles. The molecule has 0 spiro atoms. The van der Waals surface area contributed by atoms with Gasteiger partial charge >= 0.3 is 0 Å². The number of thioether (sulfide) groups is 1. The van der Waals surface area contributed by atoms with E-state index in [1.54, 1.807) is 11.8 Å². The van der Waals surface area contributed by atoms with E-state index in [1.807, 2.05) is 30.1 Å². The zero-order valence-corrected chi connectivity index (χ0v) is 18.8. The highest BCUT2D eigenvalue weighted by Gasteiger charge is 2.63. The lowest BCUT2D eigenvalue weighted by Gasteiger charge is -2.59. The maximum atomic E-state index is 12.0. The number of hydrogen-bond acceptors (Lipinski definition) is 4. The average molecular weight is 415 g/mol. The largest absolute Gasteiger partial charge is 0.388 e. The Bertz CT molecular complexity index is 863. The normalized spacial score (nSPS) is 44.1. The molecule has 1 aromatic rings. The van der Waals surface area contributed by atoms with Crippen molar-refractivity contribution in [1.29, 1.82) is 0 Å². The molecule has 5 rings (SSSR count). The molecule has 4 nitrogen and oxygen atoms in total. The van der Waals surface area contributed by atoms with Crippen molar-refractivity contribution in [3.8, 4) is 0 Å². The van der Waals surface area contributed by atoms with E-state index in [4.69, 9.17) is 0 Å². The summed E-state index contributed by atoms with van der Waals surface area (Å²) in [4.78, 5) is 16.5. The van der Waals surface area contributed by atoms with E-state index >= 15 is 0 Å². The lowest BCUT2D eigenvalue weighted by molar-refractivity contribution is -0.123. The molecule has 0 saturated heterocycles. The molecule has 0 bridgehead atoms. The minimum atomic E-state index is -0.612. The zero-order valence-electron chi connectivity index (χ0n) is 18.0. The molecule has 6 atom stereocenters. The second-order valence-electron chi connectivity index (χ2n) is 10.6. The first kappa shape index (κ1) is 19.9. The number of aliphatic hydroxyl groups is 1.